The molecule has 45 heavy (non-hydrogen) atoms. The van der Waals surface area contributed by atoms with Crippen LogP contribution in [0.25, 0.3) is 11.1 Å². The SMILES string of the molecule is COCCC1c2ccc(/C(=N/OC(=O)N3CCCC3)C(F)(F)F)cc2-c2cc(/C(=N/OC(=O)N3CCCC3)C(F)(F)F)ccc21. The first-order valence-corrected chi connectivity index (χ1v) is 14.4. The maximum atomic E-state index is 14.1. The van der Waals surface area contributed by atoms with Crippen molar-refractivity contribution >= 4 is 23.6 Å². The van der Waals surface area contributed by atoms with Gasteiger partial charge in [0, 0.05) is 56.9 Å². The van der Waals surface area contributed by atoms with E-state index in [1.54, 1.807) is 0 Å². The molecule has 1 aliphatic carbocycles. The summed E-state index contributed by atoms with van der Waals surface area (Å²) in [4.78, 5) is 36.3. The Morgan fingerprint density at radius 2 is 1.13 bits per heavy atom. The van der Waals surface area contributed by atoms with E-state index in [-0.39, 0.29) is 17.7 Å². The highest BCUT2D eigenvalue weighted by molar-refractivity contribution is 6.07. The zero-order valence-electron chi connectivity index (χ0n) is 24.2. The minimum atomic E-state index is -5.02. The normalized spacial score (nSPS) is 17.5. The second kappa shape index (κ2) is 13.1. The maximum absolute atomic E-state index is 14.1. The van der Waals surface area contributed by atoms with Crippen LogP contribution < -0.4 is 0 Å². The van der Waals surface area contributed by atoms with Gasteiger partial charge in [0.25, 0.3) is 0 Å². The number of oxime groups is 2. The highest BCUT2D eigenvalue weighted by Gasteiger charge is 2.41. The van der Waals surface area contributed by atoms with Crippen molar-refractivity contribution < 1.29 is 50.3 Å². The van der Waals surface area contributed by atoms with Crippen molar-refractivity contribution in [3.8, 4) is 11.1 Å². The zero-order chi connectivity index (χ0) is 32.4. The molecule has 2 aromatic rings. The van der Waals surface area contributed by atoms with E-state index in [0.717, 1.165) is 0 Å². The Hall–Kier alpha value is -4.14. The quantitative estimate of drug-likeness (QED) is 0.143. The maximum Gasteiger partial charge on any atom is 0.437 e. The molecule has 0 radical (unpaired) electrons. The molecule has 0 spiro atoms. The minimum absolute atomic E-state index is 0.240. The Morgan fingerprint density at radius 1 is 0.733 bits per heavy atom. The summed E-state index contributed by atoms with van der Waals surface area (Å²) in [5.41, 5.74) is -2.20. The van der Waals surface area contributed by atoms with Crippen molar-refractivity contribution in [3.05, 3.63) is 58.7 Å². The number of benzene rings is 2. The molecule has 242 valence electrons. The van der Waals surface area contributed by atoms with Crippen LogP contribution in [0.1, 0.15) is 60.3 Å². The number of halogens is 6. The molecule has 0 N–H and O–H groups in total. The average molecular weight is 641 g/mol. The highest BCUT2D eigenvalue weighted by Crippen LogP contribution is 2.48. The van der Waals surface area contributed by atoms with Crippen LogP contribution in [0.2, 0.25) is 0 Å². The summed E-state index contributed by atoms with van der Waals surface area (Å²) in [6.07, 6.45) is -8.86. The lowest BCUT2D eigenvalue weighted by molar-refractivity contribution is -0.0614. The number of methoxy groups -OCH3 is 1. The number of carbonyl (C=O) groups excluding carboxylic acids is 2. The smallest absolute Gasteiger partial charge is 0.385 e. The van der Waals surface area contributed by atoms with Crippen LogP contribution in [0.3, 0.4) is 0 Å². The molecule has 0 bridgehead atoms. The van der Waals surface area contributed by atoms with Crippen molar-refractivity contribution in [2.24, 2.45) is 10.3 Å². The number of hydrogen-bond acceptors (Lipinski definition) is 7. The largest absolute Gasteiger partial charge is 0.437 e. The van der Waals surface area contributed by atoms with Crippen LogP contribution in [-0.2, 0) is 14.4 Å². The molecule has 0 aromatic heterocycles. The topological polar surface area (TPSA) is 93.0 Å². The van der Waals surface area contributed by atoms with E-state index in [9.17, 15) is 35.9 Å². The molecule has 0 unspecified atom stereocenters. The van der Waals surface area contributed by atoms with Crippen LogP contribution in [0.15, 0.2) is 46.7 Å². The van der Waals surface area contributed by atoms with Gasteiger partial charge in [0.15, 0.2) is 11.4 Å². The predicted octanol–water partition coefficient (Wildman–Crippen LogP) is 6.83. The van der Waals surface area contributed by atoms with Crippen LogP contribution in [0.4, 0.5) is 35.9 Å². The summed E-state index contributed by atoms with van der Waals surface area (Å²) >= 11 is 0. The van der Waals surface area contributed by atoms with Gasteiger partial charge in [-0.15, -0.1) is 0 Å². The number of alkyl halides is 6. The number of likely N-dealkylation sites (tertiary alicyclic amines) is 2. The van der Waals surface area contributed by atoms with Gasteiger partial charge in [-0.3, -0.25) is 9.68 Å². The van der Waals surface area contributed by atoms with E-state index in [2.05, 4.69) is 20.0 Å². The standard InChI is InChI=1S/C30H30F6N4O5/c1-43-15-10-22-20-8-6-18(25(29(31,32)33)37-44-27(41)39-11-2-3-12-39)16-23(20)24-17-19(7-9-21(22)24)26(30(34,35)36)38-45-28(42)40-13-4-5-14-40/h6-9,16-17,22H,2-5,10-15H2,1H3/b37-25-,38-26-. The third kappa shape index (κ3) is 7.08. The molecule has 0 saturated carbocycles. The molecule has 2 fully saturated rings. The molecular formula is C30H30F6N4O5. The first kappa shape index (κ1) is 32.3. The van der Waals surface area contributed by atoms with Crippen molar-refractivity contribution in [1.29, 1.82) is 0 Å². The van der Waals surface area contributed by atoms with E-state index < -0.39 is 53.0 Å². The second-order valence-electron chi connectivity index (χ2n) is 10.9. The monoisotopic (exact) mass is 640 g/mol. The van der Waals surface area contributed by atoms with Crippen LogP contribution >= 0.6 is 0 Å². The Bertz CT molecular complexity index is 1390. The van der Waals surface area contributed by atoms with Crippen LogP contribution in [-0.4, -0.2) is 85.7 Å². The van der Waals surface area contributed by atoms with Gasteiger partial charge in [0.05, 0.1) is 0 Å². The number of ether oxygens (including phenoxy) is 1. The number of carbonyl (C=O) groups is 2. The van der Waals surface area contributed by atoms with Crippen molar-refractivity contribution in [2.75, 3.05) is 39.9 Å². The second-order valence-corrected chi connectivity index (χ2v) is 10.9. The van der Waals surface area contributed by atoms with E-state index in [0.29, 0.717) is 69.4 Å². The van der Waals surface area contributed by atoms with Crippen molar-refractivity contribution in [2.45, 2.75) is 50.4 Å². The van der Waals surface area contributed by atoms with Gasteiger partial charge < -0.3 is 14.5 Å². The first-order chi connectivity index (χ1) is 21.4. The number of hydrogen-bond donors (Lipinski definition) is 0. The summed E-state index contributed by atoms with van der Waals surface area (Å²) in [6, 6.07) is 7.59. The molecule has 15 heteroatoms. The number of rotatable bonds is 7. The molecule has 9 nitrogen and oxygen atoms in total. The van der Waals surface area contributed by atoms with Gasteiger partial charge in [-0.25, -0.2) is 9.59 Å². The summed E-state index contributed by atoms with van der Waals surface area (Å²) in [6.45, 7) is 1.65. The Morgan fingerprint density at radius 3 is 1.49 bits per heavy atom. The minimum Gasteiger partial charge on any atom is -0.385 e. The van der Waals surface area contributed by atoms with E-state index >= 15 is 0 Å². The van der Waals surface area contributed by atoms with Gasteiger partial charge in [-0.2, -0.15) is 26.3 Å². The van der Waals surface area contributed by atoms with Crippen LogP contribution in [0, 0.1) is 0 Å². The molecular weight excluding hydrogens is 610 g/mol. The molecule has 2 aromatic carbocycles. The summed E-state index contributed by atoms with van der Waals surface area (Å²) in [5, 5.41) is 6.34. The average Bonchev–Trinajstić information content (AvgIpc) is 3.76. The molecule has 5 rings (SSSR count). The van der Waals surface area contributed by atoms with E-state index in [4.69, 9.17) is 4.74 Å². The Labute approximate surface area is 254 Å². The van der Waals surface area contributed by atoms with Gasteiger partial charge in [0.2, 0.25) is 0 Å². The van der Waals surface area contributed by atoms with Crippen LogP contribution in [0.5, 0.6) is 0 Å². The zero-order valence-corrected chi connectivity index (χ0v) is 24.2. The number of amides is 2. The van der Waals surface area contributed by atoms with Gasteiger partial charge >= 0.3 is 24.5 Å². The van der Waals surface area contributed by atoms with Gasteiger partial charge in [-0.1, -0.05) is 34.6 Å². The molecule has 2 saturated heterocycles. The summed E-state index contributed by atoms with van der Waals surface area (Å²) < 4.78 is 90.1. The van der Waals surface area contributed by atoms with Gasteiger partial charge in [-0.05, 0) is 66.5 Å². The summed E-state index contributed by atoms with van der Waals surface area (Å²) in [7, 11) is 1.48. The Kier molecular flexibility index (Phi) is 9.37. The predicted molar refractivity (Wildman–Crippen MR) is 150 cm³/mol. The fraction of sp³-hybridized carbons (Fsp3) is 0.467. The lowest BCUT2D eigenvalue weighted by atomic mass is 9.92. The Balaban J connectivity index is 1.54. The fourth-order valence-electron chi connectivity index (χ4n) is 5.82. The third-order valence-corrected chi connectivity index (χ3v) is 8.00. The number of nitrogens with zero attached hydrogens (tertiary/aromatic N) is 4. The first-order valence-electron chi connectivity index (χ1n) is 14.4. The fourth-order valence-corrected chi connectivity index (χ4v) is 5.82. The highest BCUT2D eigenvalue weighted by atomic mass is 19.4. The lowest BCUT2D eigenvalue weighted by Crippen LogP contribution is -2.29. The van der Waals surface area contributed by atoms with Gasteiger partial charge in [0.1, 0.15) is 0 Å². The summed E-state index contributed by atoms with van der Waals surface area (Å²) in [5.74, 6) is -0.392. The van der Waals surface area contributed by atoms with E-state index in [1.165, 1.54) is 53.3 Å². The molecule has 2 aliphatic heterocycles. The lowest BCUT2D eigenvalue weighted by Gasteiger charge is -2.15. The number of fused-ring (bicyclic) bond motifs is 3. The third-order valence-electron chi connectivity index (χ3n) is 8.00. The molecule has 3 aliphatic rings. The molecule has 2 heterocycles. The molecule has 2 amide bonds. The van der Waals surface area contributed by atoms with Crippen molar-refractivity contribution in [1.82, 2.24) is 9.80 Å². The van der Waals surface area contributed by atoms with Crippen molar-refractivity contribution in [3.63, 3.8) is 0 Å². The molecule has 0 atom stereocenters. The van der Waals surface area contributed by atoms with E-state index in [1.807, 2.05) is 0 Å².